The number of likely N-dealkylation sites (tertiary alicyclic amines) is 1. The number of aryl methyl sites for hydroxylation is 1. The van der Waals surface area contributed by atoms with Gasteiger partial charge < -0.3 is 10.4 Å². The van der Waals surface area contributed by atoms with Crippen LogP contribution in [-0.2, 0) is 6.54 Å². The molecule has 2 atom stereocenters. The molecule has 128 valence electrons. The number of thiazole rings is 1. The van der Waals surface area contributed by atoms with Crippen molar-refractivity contribution in [3.05, 3.63) is 50.9 Å². The van der Waals surface area contributed by atoms with Gasteiger partial charge in [0.15, 0.2) is 0 Å². The van der Waals surface area contributed by atoms with Gasteiger partial charge in [0, 0.05) is 35.6 Å². The van der Waals surface area contributed by atoms with Crippen LogP contribution in [-0.4, -0.2) is 46.1 Å². The molecule has 24 heavy (non-hydrogen) atoms. The van der Waals surface area contributed by atoms with Crippen molar-refractivity contribution in [2.24, 2.45) is 0 Å². The van der Waals surface area contributed by atoms with Crippen molar-refractivity contribution in [2.75, 3.05) is 13.1 Å². The van der Waals surface area contributed by atoms with Crippen LogP contribution < -0.4 is 5.32 Å². The number of hydrogen-bond donors (Lipinski definition) is 2. The van der Waals surface area contributed by atoms with Gasteiger partial charge in [-0.3, -0.25) is 9.69 Å². The molecule has 2 heterocycles. The Hall–Kier alpha value is -1.47. The largest absolute Gasteiger partial charge is 0.390 e. The third-order valence-electron chi connectivity index (χ3n) is 4.14. The molecule has 0 radical (unpaired) electrons. The van der Waals surface area contributed by atoms with Gasteiger partial charge in [-0.1, -0.05) is 11.6 Å². The van der Waals surface area contributed by atoms with Crippen molar-refractivity contribution < 1.29 is 9.90 Å². The van der Waals surface area contributed by atoms with E-state index in [-0.39, 0.29) is 11.9 Å². The van der Waals surface area contributed by atoms with Crippen LogP contribution in [0.2, 0.25) is 5.02 Å². The second kappa shape index (κ2) is 7.61. The highest BCUT2D eigenvalue weighted by Gasteiger charge is 2.29. The van der Waals surface area contributed by atoms with E-state index in [0.717, 1.165) is 23.8 Å². The van der Waals surface area contributed by atoms with Gasteiger partial charge in [0.25, 0.3) is 5.91 Å². The number of rotatable bonds is 4. The van der Waals surface area contributed by atoms with Gasteiger partial charge in [-0.15, -0.1) is 11.3 Å². The summed E-state index contributed by atoms with van der Waals surface area (Å²) >= 11 is 7.47. The average molecular weight is 366 g/mol. The van der Waals surface area contributed by atoms with E-state index in [1.165, 1.54) is 0 Å². The lowest BCUT2D eigenvalue weighted by Gasteiger charge is -2.35. The first kappa shape index (κ1) is 17.4. The fourth-order valence-electron chi connectivity index (χ4n) is 2.87. The first-order valence-corrected chi connectivity index (χ1v) is 9.15. The number of hydrogen-bond acceptors (Lipinski definition) is 5. The number of carbonyl (C=O) groups is 1. The molecule has 1 saturated heterocycles. The molecule has 0 saturated carbocycles. The number of aromatic nitrogens is 1. The van der Waals surface area contributed by atoms with Crippen molar-refractivity contribution in [2.45, 2.75) is 32.0 Å². The maximum atomic E-state index is 12.3. The normalized spacial score (nSPS) is 21.6. The van der Waals surface area contributed by atoms with Gasteiger partial charge in [0.2, 0.25) is 0 Å². The standard InChI is InChI=1S/C17H20ClN3O2S/c1-11-19-14(10-24-11)8-21-7-6-15(16(22)9-21)20-17(23)12-2-4-13(18)5-3-12/h2-5,10,15-16,22H,6-9H2,1H3,(H,20,23). The Labute approximate surface area is 150 Å². The first-order chi connectivity index (χ1) is 11.5. The molecule has 1 aromatic heterocycles. The van der Waals surface area contributed by atoms with Crippen molar-refractivity contribution in [3.8, 4) is 0 Å². The number of halogens is 1. The number of aliphatic hydroxyl groups excluding tert-OH is 1. The highest BCUT2D eigenvalue weighted by molar-refractivity contribution is 7.09. The molecular weight excluding hydrogens is 346 g/mol. The maximum absolute atomic E-state index is 12.3. The quantitative estimate of drug-likeness (QED) is 0.873. The summed E-state index contributed by atoms with van der Waals surface area (Å²) in [6.07, 6.45) is 0.124. The fourth-order valence-corrected chi connectivity index (χ4v) is 3.60. The molecule has 1 aromatic carbocycles. The summed E-state index contributed by atoms with van der Waals surface area (Å²) in [5, 5.41) is 17.0. The highest BCUT2D eigenvalue weighted by atomic mass is 35.5. The molecule has 1 aliphatic heterocycles. The van der Waals surface area contributed by atoms with Gasteiger partial charge >= 0.3 is 0 Å². The second-order valence-electron chi connectivity index (χ2n) is 6.04. The summed E-state index contributed by atoms with van der Waals surface area (Å²) in [5.41, 5.74) is 1.58. The Balaban J connectivity index is 1.53. The number of nitrogens with one attached hydrogen (secondary N) is 1. The topological polar surface area (TPSA) is 65.5 Å². The molecular formula is C17H20ClN3O2S. The van der Waals surface area contributed by atoms with Gasteiger partial charge in [-0.25, -0.2) is 4.98 Å². The lowest BCUT2D eigenvalue weighted by Crippen LogP contribution is -2.53. The number of β-amino-alcohol motifs (C(OH)–C–C–N with tert-alkyl or cyclic N) is 1. The molecule has 0 bridgehead atoms. The van der Waals surface area contributed by atoms with E-state index in [4.69, 9.17) is 11.6 Å². The van der Waals surface area contributed by atoms with E-state index in [9.17, 15) is 9.90 Å². The highest BCUT2D eigenvalue weighted by Crippen LogP contribution is 2.17. The van der Waals surface area contributed by atoms with Crippen molar-refractivity contribution in [3.63, 3.8) is 0 Å². The monoisotopic (exact) mass is 365 g/mol. The number of benzene rings is 1. The van der Waals surface area contributed by atoms with E-state index in [2.05, 4.69) is 20.6 Å². The predicted molar refractivity (Wildman–Crippen MR) is 95.5 cm³/mol. The third kappa shape index (κ3) is 4.33. The van der Waals surface area contributed by atoms with Crippen LogP contribution in [0.3, 0.4) is 0 Å². The van der Waals surface area contributed by atoms with E-state index >= 15 is 0 Å². The molecule has 5 nitrogen and oxygen atoms in total. The van der Waals surface area contributed by atoms with Crippen LogP contribution in [0, 0.1) is 6.92 Å². The zero-order valence-electron chi connectivity index (χ0n) is 13.4. The molecule has 2 unspecified atom stereocenters. The summed E-state index contributed by atoms with van der Waals surface area (Å²) in [7, 11) is 0. The molecule has 2 aromatic rings. The minimum absolute atomic E-state index is 0.181. The van der Waals surface area contributed by atoms with E-state index in [1.54, 1.807) is 35.6 Å². The fraction of sp³-hybridized carbons (Fsp3) is 0.412. The van der Waals surface area contributed by atoms with Crippen LogP contribution in [0.4, 0.5) is 0 Å². The number of aliphatic hydroxyl groups is 1. The zero-order chi connectivity index (χ0) is 17.1. The van der Waals surface area contributed by atoms with Crippen LogP contribution in [0.1, 0.15) is 27.5 Å². The first-order valence-electron chi connectivity index (χ1n) is 7.89. The van der Waals surface area contributed by atoms with Crippen LogP contribution in [0.25, 0.3) is 0 Å². The summed E-state index contributed by atoms with van der Waals surface area (Å²) in [6, 6.07) is 6.51. The smallest absolute Gasteiger partial charge is 0.251 e. The summed E-state index contributed by atoms with van der Waals surface area (Å²) in [6.45, 7) is 4.07. The van der Waals surface area contributed by atoms with E-state index in [0.29, 0.717) is 23.6 Å². The van der Waals surface area contributed by atoms with Crippen molar-refractivity contribution in [1.82, 2.24) is 15.2 Å². The summed E-state index contributed by atoms with van der Waals surface area (Å²) in [4.78, 5) is 18.9. The molecule has 1 aliphatic rings. The van der Waals surface area contributed by atoms with Crippen molar-refractivity contribution in [1.29, 1.82) is 0 Å². The Kier molecular flexibility index (Phi) is 5.50. The molecule has 0 aliphatic carbocycles. The van der Waals surface area contributed by atoms with Crippen LogP contribution >= 0.6 is 22.9 Å². The summed E-state index contributed by atoms with van der Waals surface area (Å²) in [5.74, 6) is -0.181. The lowest BCUT2D eigenvalue weighted by molar-refractivity contribution is 0.0346. The van der Waals surface area contributed by atoms with Crippen LogP contribution in [0.15, 0.2) is 29.6 Å². The predicted octanol–water partition coefficient (Wildman–Crippen LogP) is 2.47. The molecule has 1 amide bonds. The number of piperidine rings is 1. The lowest BCUT2D eigenvalue weighted by atomic mass is 10.0. The minimum Gasteiger partial charge on any atom is -0.390 e. The second-order valence-corrected chi connectivity index (χ2v) is 7.53. The van der Waals surface area contributed by atoms with Gasteiger partial charge in [-0.2, -0.15) is 0 Å². The Morgan fingerprint density at radius 1 is 1.46 bits per heavy atom. The van der Waals surface area contributed by atoms with Gasteiger partial charge in [-0.05, 0) is 37.6 Å². The van der Waals surface area contributed by atoms with E-state index < -0.39 is 6.10 Å². The number of amides is 1. The summed E-state index contributed by atoms with van der Waals surface area (Å²) < 4.78 is 0. The molecule has 7 heteroatoms. The Bertz CT molecular complexity index is 704. The van der Waals surface area contributed by atoms with E-state index in [1.807, 2.05) is 6.92 Å². The molecule has 3 rings (SSSR count). The maximum Gasteiger partial charge on any atom is 0.251 e. The van der Waals surface area contributed by atoms with Gasteiger partial charge in [0.1, 0.15) is 0 Å². The minimum atomic E-state index is -0.588. The SMILES string of the molecule is Cc1nc(CN2CCC(NC(=O)c3ccc(Cl)cc3)C(O)C2)cs1. The molecule has 1 fully saturated rings. The Morgan fingerprint density at radius 3 is 2.83 bits per heavy atom. The number of carbonyl (C=O) groups excluding carboxylic acids is 1. The van der Waals surface area contributed by atoms with Gasteiger partial charge in [0.05, 0.1) is 22.8 Å². The third-order valence-corrected chi connectivity index (χ3v) is 5.22. The van der Waals surface area contributed by atoms with Crippen LogP contribution in [0.5, 0.6) is 0 Å². The zero-order valence-corrected chi connectivity index (χ0v) is 15.0. The number of nitrogens with zero attached hydrogens (tertiary/aromatic N) is 2. The molecule has 2 N–H and O–H groups in total. The molecule has 0 spiro atoms. The average Bonchev–Trinajstić information content (AvgIpc) is 2.95. The van der Waals surface area contributed by atoms with Crippen molar-refractivity contribution >= 4 is 28.8 Å². The Morgan fingerprint density at radius 2 is 2.21 bits per heavy atom.